The number of likely N-dealkylation sites (N-methyl/N-ethyl adjacent to an activating group) is 1. The Labute approximate surface area is 99.6 Å². The third-order valence-electron chi connectivity index (χ3n) is 2.30. The molecule has 1 aromatic heterocycles. The minimum Gasteiger partial charge on any atom is -0.383 e. The number of anilines is 1. The normalized spacial score (nSPS) is 10.4. The summed E-state index contributed by atoms with van der Waals surface area (Å²) < 4.78 is 6.12. The van der Waals surface area contributed by atoms with Crippen molar-refractivity contribution in [1.82, 2.24) is 4.98 Å². The van der Waals surface area contributed by atoms with Gasteiger partial charge in [-0.05, 0) is 41.4 Å². The molecule has 0 unspecified atom stereocenters. The van der Waals surface area contributed by atoms with E-state index in [2.05, 4.69) is 45.7 Å². The minimum absolute atomic E-state index is 0.727. The zero-order chi connectivity index (χ0) is 11.3. The largest absolute Gasteiger partial charge is 0.383 e. The maximum atomic E-state index is 5.07. The molecule has 0 N–H and O–H groups in total. The number of halogens is 1. The van der Waals surface area contributed by atoms with E-state index in [-0.39, 0.29) is 0 Å². The predicted octanol–water partition coefficient (Wildman–Crippen LogP) is 2.63. The number of aromatic nitrogens is 1. The molecule has 1 aromatic rings. The fraction of sp³-hybridized carbons (Fsp3) is 0.545. The molecule has 0 amide bonds. The van der Waals surface area contributed by atoms with Crippen LogP contribution in [0.4, 0.5) is 5.82 Å². The minimum atomic E-state index is 0.727. The third kappa shape index (κ3) is 3.47. The van der Waals surface area contributed by atoms with Crippen LogP contribution in [0, 0.1) is 6.92 Å². The van der Waals surface area contributed by atoms with E-state index in [1.165, 1.54) is 5.56 Å². The molecular formula is C11H17BrN2O. The van der Waals surface area contributed by atoms with E-state index in [9.17, 15) is 0 Å². The molecule has 1 heterocycles. The van der Waals surface area contributed by atoms with E-state index in [0.717, 1.165) is 30.0 Å². The molecule has 0 saturated carbocycles. The van der Waals surface area contributed by atoms with Gasteiger partial charge in [0.05, 0.1) is 6.61 Å². The molecule has 0 saturated heterocycles. The summed E-state index contributed by atoms with van der Waals surface area (Å²) in [6.45, 7) is 6.73. The number of pyridine rings is 1. The van der Waals surface area contributed by atoms with Crippen molar-refractivity contribution in [3.05, 3.63) is 22.3 Å². The predicted molar refractivity (Wildman–Crippen MR) is 66.4 cm³/mol. The summed E-state index contributed by atoms with van der Waals surface area (Å²) in [6.07, 6.45) is 1.85. The molecule has 0 aliphatic heterocycles. The van der Waals surface area contributed by atoms with Crippen molar-refractivity contribution in [1.29, 1.82) is 0 Å². The lowest BCUT2D eigenvalue weighted by molar-refractivity contribution is 0.205. The van der Waals surface area contributed by atoms with Crippen LogP contribution in [0.3, 0.4) is 0 Å². The average Bonchev–Trinajstić information content (AvgIpc) is 2.24. The third-order valence-corrected chi connectivity index (χ3v) is 3.13. The lowest BCUT2D eigenvalue weighted by Gasteiger charge is -2.21. The Kier molecular flexibility index (Phi) is 5.05. The van der Waals surface area contributed by atoms with Crippen molar-refractivity contribution in [2.24, 2.45) is 0 Å². The molecule has 15 heavy (non-hydrogen) atoms. The van der Waals surface area contributed by atoms with Crippen LogP contribution in [0.5, 0.6) is 0 Å². The fourth-order valence-corrected chi connectivity index (χ4v) is 1.55. The van der Waals surface area contributed by atoms with E-state index in [1.54, 1.807) is 7.11 Å². The molecular weight excluding hydrogens is 256 g/mol. The molecule has 0 fully saturated rings. The van der Waals surface area contributed by atoms with Crippen LogP contribution < -0.4 is 4.90 Å². The van der Waals surface area contributed by atoms with Gasteiger partial charge in [0.2, 0.25) is 0 Å². The SMILES string of the molecule is CCN(CCOC)c1cc(C)c(Br)cn1. The summed E-state index contributed by atoms with van der Waals surface area (Å²) >= 11 is 3.45. The highest BCUT2D eigenvalue weighted by atomic mass is 79.9. The van der Waals surface area contributed by atoms with Crippen molar-refractivity contribution < 1.29 is 4.74 Å². The van der Waals surface area contributed by atoms with Gasteiger partial charge in [0.15, 0.2) is 0 Å². The molecule has 3 nitrogen and oxygen atoms in total. The molecule has 0 bridgehead atoms. The zero-order valence-electron chi connectivity index (χ0n) is 9.46. The molecule has 0 aliphatic carbocycles. The Morgan fingerprint density at radius 2 is 2.27 bits per heavy atom. The first-order valence-corrected chi connectivity index (χ1v) is 5.84. The highest BCUT2D eigenvalue weighted by molar-refractivity contribution is 9.10. The topological polar surface area (TPSA) is 25.4 Å². The van der Waals surface area contributed by atoms with Crippen molar-refractivity contribution in [2.45, 2.75) is 13.8 Å². The quantitative estimate of drug-likeness (QED) is 0.824. The Bertz CT molecular complexity index is 317. The molecule has 1 rings (SSSR count). The van der Waals surface area contributed by atoms with Crippen molar-refractivity contribution >= 4 is 21.7 Å². The second kappa shape index (κ2) is 6.08. The van der Waals surface area contributed by atoms with Crippen LogP contribution in [0.2, 0.25) is 0 Å². The number of rotatable bonds is 5. The van der Waals surface area contributed by atoms with Gasteiger partial charge in [0.25, 0.3) is 0 Å². The lowest BCUT2D eigenvalue weighted by Crippen LogP contribution is -2.27. The number of hydrogen-bond donors (Lipinski definition) is 0. The Morgan fingerprint density at radius 1 is 1.53 bits per heavy atom. The molecule has 84 valence electrons. The second-order valence-electron chi connectivity index (χ2n) is 3.36. The fourth-order valence-electron chi connectivity index (χ4n) is 1.33. The number of aryl methyl sites for hydroxylation is 1. The lowest BCUT2D eigenvalue weighted by atomic mass is 10.3. The van der Waals surface area contributed by atoms with Gasteiger partial charge < -0.3 is 9.64 Å². The first kappa shape index (κ1) is 12.5. The average molecular weight is 273 g/mol. The summed E-state index contributed by atoms with van der Waals surface area (Å²) in [4.78, 5) is 6.58. The summed E-state index contributed by atoms with van der Waals surface area (Å²) in [5.74, 6) is 1.01. The maximum Gasteiger partial charge on any atom is 0.128 e. The highest BCUT2D eigenvalue weighted by Crippen LogP contribution is 2.19. The summed E-state index contributed by atoms with van der Waals surface area (Å²) in [6, 6.07) is 2.09. The van der Waals surface area contributed by atoms with E-state index in [0.29, 0.717) is 0 Å². The highest BCUT2D eigenvalue weighted by Gasteiger charge is 2.06. The molecule has 4 heteroatoms. The molecule has 0 atom stereocenters. The molecule has 0 aromatic carbocycles. The van der Waals surface area contributed by atoms with E-state index >= 15 is 0 Å². The second-order valence-corrected chi connectivity index (χ2v) is 4.22. The number of nitrogens with zero attached hydrogens (tertiary/aromatic N) is 2. The Hall–Kier alpha value is -0.610. The zero-order valence-corrected chi connectivity index (χ0v) is 11.0. The monoisotopic (exact) mass is 272 g/mol. The summed E-state index contributed by atoms with van der Waals surface area (Å²) in [5, 5.41) is 0. The standard InChI is InChI=1S/C11H17BrN2O/c1-4-14(5-6-15-3)11-7-9(2)10(12)8-13-11/h7-8H,4-6H2,1-3H3. The van der Waals surface area contributed by atoms with Crippen LogP contribution in [-0.4, -0.2) is 31.8 Å². The maximum absolute atomic E-state index is 5.07. The number of methoxy groups -OCH3 is 1. The van der Waals surface area contributed by atoms with Gasteiger partial charge in [-0.15, -0.1) is 0 Å². The Balaban J connectivity index is 2.78. The first-order chi connectivity index (χ1) is 7.19. The number of ether oxygens (including phenoxy) is 1. The van der Waals surface area contributed by atoms with E-state index < -0.39 is 0 Å². The van der Waals surface area contributed by atoms with Crippen molar-refractivity contribution in [3.8, 4) is 0 Å². The number of hydrogen-bond acceptors (Lipinski definition) is 3. The van der Waals surface area contributed by atoms with Gasteiger partial charge >= 0.3 is 0 Å². The van der Waals surface area contributed by atoms with Crippen molar-refractivity contribution in [3.63, 3.8) is 0 Å². The van der Waals surface area contributed by atoms with Gasteiger partial charge in [0.1, 0.15) is 5.82 Å². The van der Waals surface area contributed by atoms with Gasteiger partial charge in [-0.2, -0.15) is 0 Å². The smallest absolute Gasteiger partial charge is 0.128 e. The molecule has 0 aliphatic rings. The van der Waals surface area contributed by atoms with Crippen molar-refractivity contribution in [2.75, 3.05) is 31.7 Å². The van der Waals surface area contributed by atoms with Gasteiger partial charge in [-0.3, -0.25) is 0 Å². The van der Waals surface area contributed by atoms with Crippen LogP contribution in [-0.2, 0) is 4.74 Å². The van der Waals surface area contributed by atoms with Crippen LogP contribution >= 0.6 is 15.9 Å². The van der Waals surface area contributed by atoms with Gasteiger partial charge in [-0.1, -0.05) is 0 Å². The van der Waals surface area contributed by atoms with Gasteiger partial charge in [0, 0.05) is 30.9 Å². The molecule has 0 radical (unpaired) electrons. The summed E-state index contributed by atoms with van der Waals surface area (Å²) in [7, 11) is 1.72. The van der Waals surface area contributed by atoms with E-state index in [1.807, 2.05) is 6.20 Å². The summed E-state index contributed by atoms with van der Waals surface area (Å²) in [5.41, 5.74) is 1.20. The first-order valence-electron chi connectivity index (χ1n) is 5.05. The van der Waals surface area contributed by atoms with E-state index in [4.69, 9.17) is 4.74 Å². The molecule has 0 spiro atoms. The van der Waals surface area contributed by atoms with Gasteiger partial charge in [-0.25, -0.2) is 4.98 Å². The van der Waals surface area contributed by atoms with Crippen LogP contribution in [0.15, 0.2) is 16.7 Å². The van der Waals surface area contributed by atoms with Crippen LogP contribution in [0.1, 0.15) is 12.5 Å². The van der Waals surface area contributed by atoms with Crippen LogP contribution in [0.25, 0.3) is 0 Å². The Morgan fingerprint density at radius 3 is 2.80 bits per heavy atom.